The van der Waals surface area contributed by atoms with Gasteiger partial charge in [-0.25, -0.2) is 0 Å². The van der Waals surface area contributed by atoms with Crippen LogP contribution >= 0.6 is 0 Å². The second-order valence-corrected chi connectivity index (χ2v) is 4.74. The molecule has 0 spiro atoms. The van der Waals surface area contributed by atoms with Crippen LogP contribution in [0.2, 0.25) is 0 Å². The number of amides is 1. The van der Waals surface area contributed by atoms with Gasteiger partial charge in [-0.2, -0.15) is 0 Å². The molecule has 5 nitrogen and oxygen atoms in total. The van der Waals surface area contributed by atoms with Gasteiger partial charge in [0.05, 0.1) is 6.10 Å². The van der Waals surface area contributed by atoms with Gasteiger partial charge >= 0.3 is 29.6 Å². The average Bonchev–Trinajstić information content (AvgIpc) is 2.78. The molecule has 0 bridgehead atoms. The molecule has 0 fully saturated rings. The molecule has 1 heterocycles. The van der Waals surface area contributed by atoms with E-state index in [0.29, 0.717) is 12.1 Å². The fourth-order valence-corrected chi connectivity index (χ4v) is 2.38. The molecule has 102 valence electrons. The van der Waals surface area contributed by atoms with Crippen LogP contribution in [-0.2, 0) is 16.0 Å². The van der Waals surface area contributed by atoms with Crippen molar-refractivity contribution in [2.45, 2.75) is 32.3 Å². The minimum atomic E-state index is -1.16. The van der Waals surface area contributed by atoms with E-state index in [9.17, 15) is 19.8 Å². The minimum Gasteiger partial charge on any atom is -0.550 e. The van der Waals surface area contributed by atoms with E-state index in [1.165, 1.54) is 6.92 Å². The van der Waals surface area contributed by atoms with Gasteiger partial charge in [-0.15, -0.1) is 0 Å². The molecule has 1 aromatic rings. The molecule has 20 heavy (non-hydrogen) atoms. The maximum Gasteiger partial charge on any atom is 1.00 e. The van der Waals surface area contributed by atoms with Gasteiger partial charge in [-0.3, -0.25) is 4.79 Å². The van der Waals surface area contributed by atoms with Gasteiger partial charge in [0.15, 0.2) is 0 Å². The molecular weight excluding hydrogens is 269 g/mol. The number of carboxylic acid groups (broad SMARTS) is 1. The molecule has 1 amide bonds. The number of benzene rings is 1. The SMILES string of the molecule is CC(=O)N1CCc2cc(C(O)CCC(=O)[O-])ccc21.[Na+]. The van der Waals surface area contributed by atoms with Gasteiger partial charge < -0.3 is 19.9 Å². The molecule has 1 unspecified atom stereocenters. The Morgan fingerprint density at radius 3 is 2.75 bits per heavy atom. The predicted molar refractivity (Wildman–Crippen MR) is 67.4 cm³/mol. The van der Waals surface area contributed by atoms with Crippen LogP contribution < -0.4 is 39.6 Å². The van der Waals surface area contributed by atoms with Gasteiger partial charge in [-0.1, -0.05) is 12.1 Å². The Morgan fingerprint density at radius 2 is 2.15 bits per heavy atom. The number of aliphatic hydroxyl groups excluding tert-OH is 1. The zero-order chi connectivity index (χ0) is 14.0. The summed E-state index contributed by atoms with van der Waals surface area (Å²) in [7, 11) is 0. The maximum atomic E-state index is 11.4. The number of aliphatic carboxylic acids is 1. The standard InChI is InChI=1S/C14H17NO4.Na/c1-9(16)15-7-6-10-8-11(2-3-12(10)15)13(17)4-5-14(18)19;/h2-3,8,13,17H,4-7H2,1H3,(H,18,19);/q;+1/p-1. The Balaban J connectivity index is 0.00000200. The van der Waals surface area contributed by atoms with E-state index >= 15 is 0 Å². The quantitative estimate of drug-likeness (QED) is 0.604. The Morgan fingerprint density at radius 1 is 1.45 bits per heavy atom. The minimum absolute atomic E-state index is 0. The first kappa shape index (κ1) is 17.2. The van der Waals surface area contributed by atoms with Crippen molar-refractivity contribution in [2.75, 3.05) is 11.4 Å². The van der Waals surface area contributed by atoms with Crippen molar-refractivity contribution in [3.05, 3.63) is 29.3 Å². The van der Waals surface area contributed by atoms with Crippen molar-refractivity contribution >= 4 is 17.6 Å². The fraction of sp³-hybridized carbons (Fsp3) is 0.429. The number of carbonyl (C=O) groups excluding carboxylic acids is 2. The number of carbonyl (C=O) groups is 2. The number of hydrogen-bond donors (Lipinski definition) is 1. The van der Waals surface area contributed by atoms with E-state index in [2.05, 4.69) is 0 Å². The molecule has 1 aliphatic heterocycles. The maximum absolute atomic E-state index is 11.4. The molecule has 0 saturated heterocycles. The van der Waals surface area contributed by atoms with Crippen LogP contribution in [0.15, 0.2) is 18.2 Å². The van der Waals surface area contributed by atoms with Crippen LogP contribution in [0.5, 0.6) is 0 Å². The van der Waals surface area contributed by atoms with Gasteiger partial charge in [0.2, 0.25) is 5.91 Å². The summed E-state index contributed by atoms with van der Waals surface area (Å²) in [4.78, 5) is 23.5. The zero-order valence-corrected chi connectivity index (χ0v) is 13.8. The van der Waals surface area contributed by atoms with Crippen LogP contribution in [0.4, 0.5) is 5.69 Å². The number of aliphatic hydroxyl groups is 1. The van der Waals surface area contributed by atoms with Crippen molar-refractivity contribution < 1.29 is 49.4 Å². The number of rotatable bonds is 4. The van der Waals surface area contributed by atoms with Crippen molar-refractivity contribution in [3.63, 3.8) is 0 Å². The van der Waals surface area contributed by atoms with Crippen LogP contribution in [0.25, 0.3) is 0 Å². The Kier molecular flexibility index (Phi) is 6.20. The summed E-state index contributed by atoms with van der Waals surface area (Å²) in [5.74, 6) is -1.16. The van der Waals surface area contributed by atoms with Crippen molar-refractivity contribution in [2.24, 2.45) is 0 Å². The Hall–Kier alpha value is -0.880. The summed E-state index contributed by atoms with van der Waals surface area (Å²) >= 11 is 0. The smallest absolute Gasteiger partial charge is 0.550 e. The molecule has 1 N–H and O–H groups in total. The van der Waals surface area contributed by atoms with Crippen LogP contribution in [-0.4, -0.2) is 23.5 Å². The first-order chi connectivity index (χ1) is 8.99. The Labute approximate surface area is 139 Å². The van der Waals surface area contributed by atoms with Gasteiger partial charge in [0, 0.05) is 25.1 Å². The summed E-state index contributed by atoms with van der Waals surface area (Å²) in [6, 6.07) is 5.39. The molecular formula is C14H16NNaO4. The summed E-state index contributed by atoms with van der Waals surface area (Å²) in [6.45, 7) is 2.18. The van der Waals surface area contributed by atoms with Crippen molar-refractivity contribution in [1.82, 2.24) is 0 Å². The molecule has 1 aliphatic rings. The zero-order valence-electron chi connectivity index (χ0n) is 11.8. The first-order valence-electron chi connectivity index (χ1n) is 6.28. The van der Waals surface area contributed by atoms with E-state index in [-0.39, 0.29) is 48.3 Å². The molecule has 0 radical (unpaired) electrons. The van der Waals surface area contributed by atoms with E-state index in [1.54, 1.807) is 17.0 Å². The van der Waals surface area contributed by atoms with E-state index in [1.807, 2.05) is 6.07 Å². The molecule has 1 aromatic carbocycles. The number of anilines is 1. The molecule has 0 saturated carbocycles. The third-order valence-corrected chi connectivity index (χ3v) is 3.39. The second-order valence-electron chi connectivity index (χ2n) is 4.74. The molecule has 1 atom stereocenters. The Bertz CT molecular complexity index is 518. The molecule has 6 heteroatoms. The third kappa shape index (κ3) is 3.82. The largest absolute Gasteiger partial charge is 1.00 e. The monoisotopic (exact) mass is 285 g/mol. The van der Waals surface area contributed by atoms with Crippen LogP contribution in [0.1, 0.15) is 37.0 Å². The molecule has 2 rings (SSSR count). The summed E-state index contributed by atoms with van der Waals surface area (Å²) in [5, 5.41) is 20.3. The summed E-state index contributed by atoms with van der Waals surface area (Å²) in [6.07, 6.45) is -0.0831. The van der Waals surface area contributed by atoms with Gasteiger partial charge in [0.25, 0.3) is 0 Å². The van der Waals surface area contributed by atoms with E-state index in [4.69, 9.17) is 0 Å². The number of hydrogen-bond acceptors (Lipinski definition) is 4. The normalized spacial score (nSPS) is 14.4. The number of nitrogens with zero attached hydrogens (tertiary/aromatic N) is 1. The summed E-state index contributed by atoms with van der Waals surface area (Å²) < 4.78 is 0. The van der Waals surface area contributed by atoms with Crippen LogP contribution in [0, 0.1) is 0 Å². The fourth-order valence-electron chi connectivity index (χ4n) is 2.38. The molecule has 0 aromatic heterocycles. The van der Waals surface area contributed by atoms with Crippen molar-refractivity contribution in [1.29, 1.82) is 0 Å². The van der Waals surface area contributed by atoms with E-state index in [0.717, 1.165) is 17.7 Å². The average molecular weight is 285 g/mol. The van der Waals surface area contributed by atoms with E-state index < -0.39 is 12.1 Å². The van der Waals surface area contributed by atoms with Gasteiger partial charge in [-0.05, 0) is 36.5 Å². The predicted octanol–water partition coefficient (Wildman–Crippen LogP) is -2.84. The topological polar surface area (TPSA) is 80.7 Å². The first-order valence-corrected chi connectivity index (χ1v) is 6.28. The summed E-state index contributed by atoms with van der Waals surface area (Å²) in [5.41, 5.74) is 2.58. The molecule has 0 aliphatic carbocycles. The third-order valence-electron chi connectivity index (χ3n) is 3.39. The number of carboxylic acids is 1. The number of fused-ring (bicyclic) bond motifs is 1. The second kappa shape index (κ2) is 7.22. The van der Waals surface area contributed by atoms with Crippen molar-refractivity contribution in [3.8, 4) is 0 Å². The van der Waals surface area contributed by atoms with Gasteiger partial charge in [0.1, 0.15) is 0 Å². The van der Waals surface area contributed by atoms with Crippen LogP contribution in [0.3, 0.4) is 0 Å².